The lowest BCUT2D eigenvalue weighted by atomic mass is 9.71. The fourth-order valence-corrected chi connectivity index (χ4v) is 13.3. The van der Waals surface area contributed by atoms with E-state index in [2.05, 4.69) is 195 Å². The summed E-state index contributed by atoms with van der Waals surface area (Å²) in [5.74, 6) is 1.46. The first kappa shape index (κ1) is 41.1. The summed E-state index contributed by atoms with van der Waals surface area (Å²) in [6, 6.07) is 55.0. The maximum Gasteiger partial charge on any atom is 0.453 e. The maximum atomic E-state index is 7.53. The summed E-state index contributed by atoms with van der Waals surface area (Å²) >= 11 is 0. The molecule has 0 N–H and O–H groups in total. The second-order valence-electron chi connectivity index (χ2n) is 19.7. The first-order valence-corrected chi connectivity index (χ1v) is 26.0. The molecule has 71 heavy (non-hydrogen) atoms. The van der Waals surface area contributed by atoms with Gasteiger partial charge >= 0.3 is 8.24 Å². The summed E-state index contributed by atoms with van der Waals surface area (Å²) in [7, 11) is -2.05. The van der Waals surface area contributed by atoms with E-state index in [0.717, 1.165) is 90.0 Å². The third kappa shape index (κ3) is 6.51. The van der Waals surface area contributed by atoms with Crippen LogP contribution in [0.25, 0.3) is 82.2 Å². The van der Waals surface area contributed by atoms with Crippen LogP contribution in [0.4, 0.5) is 0 Å². The van der Waals surface area contributed by atoms with Crippen LogP contribution in [-0.2, 0) is 4.74 Å². The van der Waals surface area contributed by atoms with Gasteiger partial charge in [0.1, 0.15) is 34.5 Å². The van der Waals surface area contributed by atoms with E-state index in [-0.39, 0.29) is 18.1 Å². The standard InChI is InChI=1S/C64H47O6P/c1-38-13-12-19-44-30-33-52-63(57(38)44)58-45-20-7-2-14-39(45)25-31-50(58)65-56-37-64(56,67-52)66-51-32-26-40-15-3-8-21-46(40)59(51)60-47-22-9-4-16-41(47)27-34-53(60)68-71-69-54-35-28-42-17-5-10-23-48(42)61(54)62-49-24-11-6-18-43(49)29-36-55(62)70-71/h2-6,8-12,14-19,21-36,38,50,56,58H,7,13,20,37H2,1H3. The molecule has 6 nitrogen and oxygen atoms in total. The smallest absolute Gasteiger partial charge is 0.449 e. The fraction of sp³-hybridized carbons (Fsp3) is 0.156. The number of rotatable bonds is 5. The average Bonchev–Trinajstić information content (AvgIpc) is 4.10. The van der Waals surface area contributed by atoms with Gasteiger partial charge in [0.05, 0.1) is 12.5 Å². The molecule has 2 heterocycles. The van der Waals surface area contributed by atoms with E-state index in [9.17, 15) is 0 Å². The number of ether oxygens (including phenoxy) is 3. The predicted octanol–water partition coefficient (Wildman–Crippen LogP) is 17.6. The van der Waals surface area contributed by atoms with Crippen molar-refractivity contribution in [1.82, 2.24) is 0 Å². The molecule has 5 unspecified atom stereocenters. The fourth-order valence-electron chi connectivity index (χ4n) is 12.2. The summed E-state index contributed by atoms with van der Waals surface area (Å²) in [5.41, 5.74) is 9.77. The Hall–Kier alpha value is -7.76. The first-order chi connectivity index (χ1) is 35.0. The van der Waals surface area contributed by atoms with Crippen molar-refractivity contribution >= 4 is 79.3 Å². The summed E-state index contributed by atoms with van der Waals surface area (Å²) < 4.78 is 43.4. The highest BCUT2D eigenvalue weighted by atomic mass is 31.1. The normalized spacial score (nSPS) is 21.8. The summed E-state index contributed by atoms with van der Waals surface area (Å²) in [6.45, 7) is 2.34. The molecule has 5 aliphatic rings. The number of fused-ring (bicyclic) bond motifs is 16. The third-order valence-electron chi connectivity index (χ3n) is 15.6. The Labute approximate surface area is 411 Å². The van der Waals surface area contributed by atoms with E-state index >= 15 is 0 Å². The van der Waals surface area contributed by atoms with Crippen LogP contribution in [0.5, 0.6) is 17.2 Å². The van der Waals surface area contributed by atoms with E-state index in [4.69, 9.17) is 27.1 Å². The van der Waals surface area contributed by atoms with Gasteiger partial charge in [0.2, 0.25) is 0 Å². The van der Waals surface area contributed by atoms with Crippen LogP contribution < -0.4 is 14.0 Å². The molecule has 4 aliphatic carbocycles. The lowest BCUT2D eigenvalue weighted by Crippen LogP contribution is -2.39. The van der Waals surface area contributed by atoms with E-state index < -0.39 is 14.0 Å². The molecule has 9 aromatic carbocycles. The molecule has 5 atom stereocenters. The van der Waals surface area contributed by atoms with Crippen molar-refractivity contribution in [2.24, 2.45) is 0 Å². The SMILES string of the molecule is CC1CC=Cc2ccc3c(c21)C1C2=C(C=CCC2)C=CC1OC1CC1(Oc1ccc2ccccc2c1-c1c(Op2oc4ccc5ccccc5c4c4c(ccc5ccccc54)o2)ccc2ccccc12)O3. The minimum atomic E-state index is -2.05. The van der Waals surface area contributed by atoms with Crippen LogP contribution in [0.2, 0.25) is 0 Å². The van der Waals surface area contributed by atoms with E-state index in [1.807, 2.05) is 6.07 Å². The first-order valence-electron chi connectivity index (χ1n) is 24.9. The van der Waals surface area contributed by atoms with Crippen molar-refractivity contribution in [3.05, 3.63) is 216 Å². The van der Waals surface area contributed by atoms with Crippen molar-refractivity contribution in [3.8, 4) is 28.4 Å². The van der Waals surface area contributed by atoms with E-state index in [0.29, 0.717) is 35.0 Å². The molecule has 15 rings (SSSR count). The molecular formula is C64H47O6P. The number of hydrogen-bond donors (Lipinski definition) is 0. The molecule has 0 bridgehead atoms. The van der Waals surface area contributed by atoms with Crippen molar-refractivity contribution in [1.29, 1.82) is 0 Å². The Kier molecular flexibility index (Phi) is 9.18. The van der Waals surface area contributed by atoms with Gasteiger partial charge in [0.15, 0.2) is 0 Å². The molecule has 1 saturated carbocycles. The van der Waals surface area contributed by atoms with Gasteiger partial charge in [-0.25, -0.2) is 0 Å². The highest BCUT2D eigenvalue weighted by Gasteiger charge is 2.65. The van der Waals surface area contributed by atoms with Crippen LogP contribution in [0.15, 0.2) is 208 Å². The van der Waals surface area contributed by atoms with Crippen LogP contribution >= 0.6 is 8.24 Å². The number of hydrogen-bond acceptors (Lipinski definition) is 6. The van der Waals surface area contributed by atoms with Gasteiger partial charge in [0, 0.05) is 33.4 Å². The average molecular weight is 943 g/mol. The molecule has 0 amide bonds. The molecule has 1 aliphatic heterocycles. The molecule has 0 saturated heterocycles. The monoisotopic (exact) mass is 942 g/mol. The number of allylic oxidation sites excluding steroid dienone is 5. The quantitative estimate of drug-likeness (QED) is 0.171. The zero-order valence-corrected chi connectivity index (χ0v) is 39.9. The van der Waals surface area contributed by atoms with Gasteiger partial charge in [-0.15, -0.1) is 0 Å². The summed E-state index contributed by atoms with van der Waals surface area (Å²) in [4.78, 5) is 0. The minimum Gasteiger partial charge on any atom is -0.449 e. The molecule has 344 valence electrons. The van der Waals surface area contributed by atoms with Crippen LogP contribution in [-0.4, -0.2) is 18.0 Å². The van der Waals surface area contributed by atoms with Crippen LogP contribution in [0, 0.1) is 0 Å². The Morgan fingerprint density at radius 2 is 1.18 bits per heavy atom. The largest absolute Gasteiger partial charge is 0.453 e. The zero-order valence-electron chi connectivity index (χ0n) is 39.0. The van der Waals surface area contributed by atoms with Crippen LogP contribution in [0.3, 0.4) is 0 Å². The molecule has 0 radical (unpaired) electrons. The molecule has 7 heteroatoms. The van der Waals surface area contributed by atoms with Gasteiger partial charge in [-0.05, 0) is 115 Å². The Bertz CT molecular complexity index is 3990. The van der Waals surface area contributed by atoms with Gasteiger partial charge in [-0.2, -0.15) is 0 Å². The second-order valence-corrected chi connectivity index (χ2v) is 20.7. The Morgan fingerprint density at radius 3 is 1.87 bits per heavy atom. The molecule has 1 aromatic heterocycles. The lowest BCUT2D eigenvalue weighted by Gasteiger charge is -2.39. The lowest BCUT2D eigenvalue weighted by molar-refractivity contribution is -0.0910. The Morgan fingerprint density at radius 1 is 0.577 bits per heavy atom. The summed E-state index contributed by atoms with van der Waals surface area (Å²) in [6.07, 6.45) is 16.8. The highest BCUT2D eigenvalue weighted by molar-refractivity contribution is 7.32. The zero-order chi connectivity index (χ0) is 46.8. The minimum absolute atomic E-state index is 0.0517. The molecule has 0 spiro atoms. The predicted molar refractivity (Wildman–Crippen MR) is 287 cm³/mol. The molecular weight excluding hydrogens is 896 g/mol. The molecule has 10 aromatic rings. The second kappa shape index (κ2) is 15.9. The van der Waals surface area contributed by atoms with Crippen LogP contribution in [0.1, 0.15) is 61.1 Å². The van der Waals surface area contributed by atoms with Crippen molar-refractivity contribution < 1.29 is 27.1 Å². The van der Waals surface area contributed by atoms with Gasteiger partial charge in [-0.1, -0.05) is 176 Å². The van der Waals surface area contributed by atoms with Crippen molar-refractivity contribution in [3.63, 3.8) is 0 Å². The third-order valence-corrected chi connectivity index (χ3v) is 16.6. The van der Waals surface area contributed by atoms with E-state index in [1.165, 1.54) is 27.8 Å². The van der Waals surface area contributed by atoms with Gasteiger partial charge < -0.3 is 27.1 Å². The van der Waals surface area contributed by atoms with Gasteiger partial charge in [0.25, 0.3) is 5.79 Å². The topological polar surface area (TPSA) is 63.2 Å². The maximum absolute atomic E-state index is 7.53. The van der Waals surface area contributed by atoms with Crippen molar-refractivity contribution in [2.45, 2.75) is 62.4 Å². The Balaban J connectivity index is 0.919. The summed E-state index contributed by atoms with van der Waals surface area (Å²) in [5, 5.41) is 10.6. The van der Waals surface area contributed by atoms with Gasteiger partial charge in [-0.3, -0.25) is 0 Å². The number of benzene rings is 9. The van der Waals surface area contributed by atoms with Crippen molar-refractivity contribution in [2.75, 3.05) is 0 Å². The molecule has 1 fully saturated rings. The van der Waals surface area contributed by atoms with E-state index in [1.54, 1.807) is 0 Å². The highest BCUT2D eigenvalue weighted by Crippen LogP contribution is 2.58.